The van der Waals surface area contributed by atoms with E-state index >= 15 is 0 Å². The highest BCUT2D eigenvalue weighted by Gasteiger charge is 2.24. The second kappa shape index (κ2) is 6.36. The summed E-state index contributed by atoms with van der Waals surface area (Å²) in [7, 11) is 0.515. The summed E-state index contributed by atoms with van der Waals surface area (Å²) in [6.07, 6.45) is 1.27. The van der Waals surface area contributed by atoms with Gasteiger partial charge < -0.3 is 4.90 Å². The molecule has 0 aliphatic carbocycles. The van der Waals surface area contributed by atoms with Crippen LogP contribution in [0.4, 0.5) is 0 Å². The number of nitrogens with one attached hydrogen (secondary N) is 1. The summed E-state index contributed by atoms with van der Waals surface area (Å²) in [5.74, 6) is 0. The number of piperazine rings is 1. The van der Waals surface area contributed by atoms with E-state index in [1.807, 2.05) is 14.1 Å². The molecule has 0 spiro atoms. The van der Waals surface area contributed by atoms with Gasteiger partial charge in [-0.2, -0.15) is 0 Å². The van der Waals surface area contributed by atoms with Gasteiger partial charge in [0.25, 0.3) is 0 Å². The van der Waals surface area contributed by atoms with Crippen LogP contribution in [0.15, 0.2) is 23.2 Å². The SMILES string of the molecule is CN1CCN(C)C(CNS(=O)(=O)c2ccc(Cl)nc2)C1. The van der Waals surface area contributed by atoms with E-state index in [0.29, 0.717) is 6.54 Å². The highest BCUT2D eigenvalue weighted by molar-refractivity contribution is 7.89. The molecule has 0 radical (unpaired) electrons. The van der Waals surface area contributed by atoms with Crippen molar-refractivity contribution in [3.05, 3.63) is 23.5 Å². The summed E-state index contributed by atoms with van der Waals surface area (Å²) < 4.78 is 26.9. The maximum atomic E-state index is 12.1. The van der Waals surface area contributed by atoms with Crippen molar-refractivity contribution in [3.63, 3.8) is 0 Å². The first-order valence-electron chi connectivity index (χ1n) is 6.38. The molecule has 6 nitrogen and oxygen atoms in total. The molecule has 8 heteroatoms. The quantitative estimate of drug-likeness (QED) is 0.807. The molecule has 1 aliphatic rings. The molecular formula is C12H19ClN4O2S. The molecular weight excluding hydrogens is 300 g/mol. The Morgan fingerprint density at radius 2 is 2.15 bits per heavy atom. The zero-order valence-electron chi connectivity index (χ0n) is 11.6. The Kier molecular flexibility index (Phi) is 4.98. The molecule has 1 aromatic rings. The van der Waals surface area contributed by atoms with Gasteiger partial charge in [-0.15, -0.1) is 0 Å². The number of sulfonamides is 1. The van der Waals surface area contributed by atoms with Crippen LogP contribution in [0.5, 0.6) is 0 Å². The number of likely N-dealkylation sites (N-methyl/N-ethyl adjacent to an activating group) is 2. The van der Waals surface area contributed by atoms with Gasteiger partial charge in [0.2, 0.25) is 10.0 Å². The van der Waals surface area contributed by atoms with Gasteiger partial charge in [0, 0.05) is 38.4 Å². The second-order valence-electron chi connectivity index (χ2n) is 5.07. The molecule has 112 valence electrons. The molecule has 1 aromatic heterocycles. The Hall–Kier alpha value is -0.730. The number of nitrogens with zero attached hydrogens (tertiary/aromatic N) is 3. The summed E-state index contributed by atoms with van der Waals surface area (Å²) in [5, 5.41) is 0.276. The zero-order valence-corrected chi connectivity index (χ0v) is 13.2. The van der Waals surface area contributed by atoms with Gasteiger partial charge in [-0.05, 0) is 26.2 Å². The maximum Gasteiger partial charge on any atom is 0.242 e. The lowest BCUT2D eigenvalue weighted by molar-refractivity contribution is 0.117. The fourth-order valence-electron chi connectivity index (χ4n) is 2.13. The minimum atomic E-state index is -3.53. The molecule has 1 fully saturated rings. The van der Waals surface area contributed by atoms with Crippen LogP contribution in [0, 0.1) is 0 Å². The van der Waals surface area contributed by atoms with E-state index in [9.17, 15) is 8.42 Å². The predicted molar refractivity (Wildman–Crippen MR) is 78.4 cm³/mol. The molecule has 20 heavy (non-hydrogen) atoms. The van der Waals surface area contributed by atoms with Crippen molar-refractivity contribution in [1.82, 2.24) is 19.5 Å². The standard InChI is InChI=1S/C12H19ClN4O2S/c1-16-5-6-17(2)10(9-16)7-15-20(18,19)11-3-4-12(13)14-8-11/h3-4,8,10,15H,5-7,9H2,1-2H3. The van der Waals surface area contributed by atoms with Crippen molar-refractivity contribution in [3.8, 4) is 0 Å². The van der Waals surface area contributed by atoms with Crippen LogP contribution < -0.4 is 4.72 Å². The monoisotopic (exact) mass is 318 g/mol. The van der Waals surface area contributed by atoms with Crippen LogP contribution in [0.1, 0.15) is 0 Å². The molecule has 0 aromatic carbocycles. The van der Waals surface area contributed by atoms with Crippen molar-refractivity contribution in [2.45, 2.75) is 10.9 Å². The Morgan fingerprint density at radius 1 is 1.40 bits per heavy atom. The number of hydrogen-bond acceptors (Lipinski definition) is 5. The van der Waals surface area contributed by atoms with Gasteiger partial charge in [0.1, 0.15) is 10.0 Å². The van der Waals surface area contributed by atoms with E-state index < -0.39 is 10.0 Å². The van der Waals surface area contributed by atoms with Crippen molar-refractivity contribution in [2.75, 3.05) is 40.3 Å². The smallest absolute Gasteiger partial charge is 0.242 e. The molecule has 2 heterocycles. The molecule has 0 amide bonds. The first-order valence-corrected chi connectivity index (χ1v) is 8.24. The van der Waals surface area contributed by atoms with Gasteiger partial charge >= 0.3 is 0 Å². The number of rotatable bonds is 4. The molecule has 1 atom stereocenters. The minimum Gasteiger partial charge on any atom is -0.303 e. The molecule has 1 aliphatic heterocycles. The third-order valence-corrected chi connectivity index (χ3v) is 5.13. The van der Waals surface area contributed by atoms with Crippen LogP contribution in [-0.4, -0.2) is 69.5 Å². The van der Waals surface area contributed by atoms with Gasteiger partial charge in [-0.1, -0.05) is 11.6 Å². The topological polar surface area (TPSA) is 65.5 Å². The van der Waals surface area contributed by atoms with Gasteiger partial charge in [0.15, 0.2) is 0 Å². The van der Waals surface area contributed by atoms with Crippen LogP contribution in [-0.2, 0) is 10.0 Å². The van der Waals surface area contributed by atoms with Crippen molar-refractivity contribution in [2.24, 2.45) is 0 Å². The lowest BCUT2D eigenvalue weighted by atomic mass is 10.2. The average Bonchev–Trinajstić information content (AvgIpc) is 2.40. The summed E-state index contributed by atoms with van der Waals surface area (Å²) in [6, 6.07) is 3.09. The number of aromatic nitrogens is 1. The van der Waals surface area contributed by atoms with Crippen molar-refractivity contribution < 1.29 is 8.42 Å². The fraction of sp³-hybridized carbons (Fsp3) is 0.583. The Bertz CT molecular complexity index is 549. The second-order valence-corrected chi connectivity index (χ2v) is 7.22. The Labute approximate surface area is 124 Å². The van der Waals surface area contributed by atoms with Crippen molar-refractivity contribution in [1.29, 1.82) is 0 Å². The lowest BCUT2D eigenvalue weighted by Gasteiger charge is -2.37. The van der Waals surface area contributed by atoms with E-state index in [-0.39, 0.29) is 16.1 Å². The Balaban J connectivity index is 2.00. The third-order valence-electron chi connectivity index (χ3n) is 3.50. The molecule has 1 saturated heterocycles. The largest absolute Gasteiger partial charge is 0.303 e. The Morgan fingerprint density at radius 3 is 2.80 bits per heavy atom. The zero-order chi connectivity index (χ0) is 14.8. The number of halogens is 1. The van der Waals surface area contributed by atoms with Gasteiger partial charge in [-0.25, -0.2) is 18.1 Å². The van der Waals surface area contributed by atoms with Crippen LogP contribution >= 0.6 is 11.6 Å². The van der Waals surface area contributed by atoms with E-state index in [0.717, 1.165) is 19.6 Å². The van der Waals surface area contributed by atoms with E-state index in [2.05, 4.69) is 19.5 Å². The first kappa shape index (κ1) is 15.7. The minimum absolute atomic E-state index is 0.133. The van der Waals surface area contributed by atoms with E-state index in [1.165, 1.54) is 18.3 Å². The third kappa shape index (κ3) is 3.89. The van der Waals surface area contributed by atoms with Gasteiger partial charge in [-0.3, -0.25) is 4.90 Å². The number of pyridine rings is 1. The predicted octanol–water partition coefficient (Wildman–Crippen LogP) is 0.259. The summed E-state index contributed by atoms with van der Waals surface area (Å²) in [6.45, 7) is 3.16. The highest BCUT2D eigenvalue weighted by Crippen LogP contribution is 2.11. The average molecular weight is 319 g/mol. The first-order chi connectivity index (χ1) is 9.38. The normalized spacial score (nSPS) is 22.1. The molecule has 1 unspecified atom stereocenters. The molecule has 2 rings (SSSR count). The van der Waals surface area contributed by atoms with Gasteiger partial charge in [0.05, 0.1) is 0 Å². The summed E-state index contributed by atoms with van der Waals surface area (Å²) in [5.41, 5.74) is 0. The van der Waals surface area contributed by atoms with Crippen LogP contribution in [0.2, 0.25) is 5.15 Å². The highest BCUT2D eigenvalue weighted by atomic mass is 35.5. The van der Waals surface area contributed by atoms with Crippen molar-refractivity contribution >= 4 is 21.6 Å². The summed E-state index contributed by atoms with van der Waals surface area (Å²) in [4.78, 5) is 8.29. The molecule has 0 saturated carbocycles. The molecule has 0 bridgehead atoms. The van der Waals surface area contributed by atoms with Crippen LogP contribution in [0.3, 0.4) is 0 Å². The lowest BCUT2D eigenvalue weighted by Crippen LogP contribution is -2.54. The molecule has 1 N–H and O–H groups in total. The van der Waals surface area contributed by atoms with E-state index in [4.69, 9.17) is 11.6 Å². The summed E-state index contributed by atoms with van der Waals surface area (Å²) >= 11 is 5.66. The maximum absolute atomic E-state index is 12.1. The fourth-order valence-corrected chi connectivity index (χ4v) is 3.26. The van der Waals surface area contributed by atoms with Crippen LogP contribution in [0.25, 0.3) is 0 Å². The van der Waals surface area contributed by atoms with E-state index in [1.54, 1.807) is 0 Å². The number of hydrogen-bond donors (Lipinski definition) is 1.